The Morgan fingerprint density at radius 1 is 0.939 bits per heavy atom. The highest BCUT2D eigenvalue weighted by atomic mass is 32.2. The van der Waals surface area contributed by atoms with Crippen LogP contribution < -0.4 is 5.73 Å². The van der Waals surface area contributed by atoms with Crippen molar-refractivity contribution < 1.29 is 9.21 Å². The fraction of sp³-hybridized carbons (Fsp3) is 0.286. The molecule has 0 unspecified atom stereocenters. The summed E-state index contributed by atoms with van der Waals surface area (Å²) in [6.07, 6.45) is 5.04. The molecule has 170 valence electrons. The first kappa shape index (κ1) is 23.3. The van der Waals surface area contributed by atoms with Gasteiger partial charge in [-0.05, 0) is 60.2 Å². The van der Waals surface area contributed by atoms with E-state index in [1.165, 1.54) is 11.1 Å². The Balaban J connectivity index is 0.000000601. The number of aromatic nitrogens is 1. The molecule has 0 aliphatic heterocycles. The van der Waals surface area contributed by atoms with E-state index in [9.17, 15) is 4.79 Å². The van der Waals surface area contributed by atoms with Crippen LogP contribution in [-0.4, -0.2) is 23.6 Å². The predicted octanol–water partition coefficient (Wildman–Crippen LogP) is 6.61. The maximum absolute atomic E-state index is 12.4. The number of carbonyl (C=O) groups excluding carboxylic acids is 1. The van der Waals surface area contributed by atoms with Crippen LogP contribution in [0.25, 0.3) is 22.2 Å². The second-order valence-electron chi connectivity index (χ2n) is 8.22. The molecule has 5 heteroatoms. The smallest absolute Gasteiger partial charge is 0.256 e. The quantitative estimate of drug-likeness (QED) is 0.183. The number of nitrogens with two attached hydrogens (primary N) is 1. The van der Waals surface area contributed by atoms with Crippen LogP contribution in [0.3, 0.4) is 0 Å². The van der Waals surface area contributed by atoms with Crippen LogP contribution in [0.2, 0.25) is 0 Å². The van der Waals surface area contributed by atoms with E-state index in [0.29, 0.717) is 5.22 Å². The summed E-state index contributed by atoms with van der Waals surface area (Å²) >= 11 is 1.64. The first-order valence-corrected chi connectivity index (χ1v) is 12.6. The van der Waals surface area contributed by atoms with Gasteiger partial charge < -0.3 is 14.9 Å². The molecule has 1 aliphatic carbocycles. The van der Waals surface area contributed by atoms with Crippen LogP contribution in [0, 0.1) is 0 Å². The molecule has 0 radical (unpaired) electrons. The number of fused-ring (bicyclic) bond motifs is 4. The minimum atomic E-state index is -0.532. The lowest BCUT2D eigenvalue weighted by Crippen LogP contribution is -2.27. The number of aldehydes is 1. The van der Waals surface area contributed by atoms with Gasteiger partial charge >= 0.3 is 0 Å². The molecule has 0 amide bonds. The Bertz CT molecular complexity index is 1140. The molecule has 0 saturated heterocycles. The van der Waals surface area contributed by atoms with Gasteiger partial charge in [0.15, 0.2) is 5.58 Å². The molecule has 0 spiro atoms. The Kier molecular flexibility index (Phi) is 7.63. The highest BCUT2D eigenvalue weighted by Gasteiger charge is 2.42. The van der Waals surface area contributed by atoms with E-state index in [-0.39, 0.29) is 0 Å². The van der Waals surface area contributed by atoms with Gasteiger partial charge in [-0.25, -0.2) is 4.98 Å². The molecule has 5 rings (SSSR count). The average Bonchev–Trinajstić information content (AvgIpc) is 3.41. The third-order valence-electron chi connectivity index (χ3n) is 6.06. The zero-order chi connectivity index (χ0) is 23.1. The molecule has 4 aromatic rings. The molecule has 1 heterocycles. The third-order valence-corrected chi connectivity index (χ3v) is 6.98. The Morgan fingerprint density at radius 3 is 2.15 bits per heavy atom. The summed E-state index contributed by atoms with van der Waals surface area (Å²) in [5, 5.41) is 0.716. The molecule has 0 saturated carbocycles. The standard InChI is InChI=1S/C25H21NO2S.C3H9N/c27-17-25(20-11-3-1-9-18(20)19-10-2-4-12-21(19)25)15-7-8-16-29-24-26-22-13-5-6-14-23(22)28-24;1-2-3-4/h1-6,9-14,17H,7-8,15-16H2;2-4H2,1H3. The van der Waals surface area contributed by atoms with Crippen LogP contribution in [0.4, 0.5) is 0 Å². The molecular formula is C28H30N2O2S. The fourth-order valence-electron chi connectivity index (χ4n) is 4.39. The van der Waals surface area contributed by atoms with Crippen molar-refractivity contribution in [2.24, 2.45) is 5.73 Å². The average molecular weight is 459 g/mol. The van der Waals surface area contributed by atoms with E-state index in [2.05, 4.69) is 36.2 Å². The van der Waals surface area contributed by atoms with Crippen molar-refractivity contribution in [3.05, 3.63) is 83.9 Å². The van der Waals surface area contributed by atoms with Crippen LogP contribution >= 0.6 is 11.8 Å². The van der Waals surface area contributed by atoms with Gasteiger partial charge in [0.25, 0.3) is 5.22 Å². The van der Waals surface area contributed by atoms with Gasteiger partial charge in [-0.1, -0.05) is 85.8 Å². The largest absolute Gasteiger partial charge is 0.431 e. The first-order chi connectivity index (χ1) is 16.2. The summed E-state index contributed by atoms with van der Waals surface area (Å²) < 4.78 is 5.78. The van der Waals surface area contributed by atoms with Gasteiger partial charge in [-0.2, -0.15) is 0 Å². The van der Waals surface area contributed by atoms with Crippen LogP contribution in [0.5, 0.6) is 0 Å². The molecule has 33 heavy (non-hydrogen) atoms. The van der Waals surface area contributed by atoms with Crippen molar-refractivity contribution in [2.45, 2.75) is 43.2 Å². The number of hydrogen-bond donors (Lipinski definition) is 1. The molecule has 0 atom stereocenters. The topological polar surface area (TPSA) is 69.1 Å². The van der Waals surface area contributed by atoms with E-state index in [1.807, 2.05) is 48.5 Å². The number of hydrogen-bond acceptors (Lipinski definition) is 5. The minimum absolute atomic E-state index is 0.532. The maximum atomic E-state index is 12.4. The normalized spacial score (nSPS) is 13.2. The van der Waals surface area contributed by atoms with Gasteiger partial charge in [0.1, 0.15) is 11.8 Å². The number of oxazole rings is 1. The van der Waals surface area contributed by atoms with Crippen LogP contribution in [0.15, 0.2) is 82.4 Å². The number of thioether (sulfide) groups is 1. The zero-order valence-electron chi connectivity index (χ0n) is 19.0. The van der Waals surface area contributed by atoms with E-state index < -0.39 is 5.41 Å². The van der Waals surface area contributed by atoms with Crippen molar-refractivity contribution in [2.75, 3.05) is 12.3 Å². The molecule has 1 aliphatic rings. The van der Waals surface area contributed by atoms with Crippen LogP contribution in [0.1, 0.15) is 43.7 Å². The van der Waals surface area contributed by atoms with Gasteiger partial charge in [-0.15, -0.1) is 0 Å². The molecule has 4 nitrogen and oxygen atoms in total. The lowest BCUT2D eigenvalue weighted by atomic mass is 9.75. The van der Waals surface area contributed by atoms with Crippen molar-refractivity contribution in [3.63, 3.8) is 0 Å². The number of para-hydroxylation sites is 2. The van der Waals surface area contributed by atoms with E-state index in [0.717, 1.165) is 66.5 Å². The Hall–Kier alpha value is -2.89. The molecule has 2 N–H and O–H groups in total. The number of rotatable bonds is 8. The SMILES string of the molecule is CCCN.O=CC1(CCCCSc2nc3ccccc3o2)c2ccccc2-c2ccccc21. The Labute approximate surface area is 199 Å². The highest BCUT2D eigenvalue weighted by molar-refractivity contribution is 7.99. The van der Waals surface area contributed by atoms with Crippen molar-refractivity contribution in [3.8, 4) is 11.1 Å². The highest BCUT2D eigenvalue weighted by Crippen LogP contribution is 2.50. The van der Waals surface area contributed by atoms with Crippen molar-refractivity contribution >= 4 is 29.1 Å². The predicted molar refractivity (Wildman–Crippen MR) is 137 cm³/mol. The number of unbranched alkanes of at least 4 members (excludes halogenated alkanes) is 1. The maximum Gasteiger partial charge on any atom is 0.256 e. The lowest BCUT2D eigenvalue weighted by molar-refractivity contribution is -0.111. The summed E-state index contributed by atoms with van der Waals surface area (Å²) in [5.74, 6) is 0.922. The molecular weight excluding hydrogens is 428 g/mol. The van der Waals surface area contributed by atoms with Crippen LogP contribution in [-0.2, 0) is 10.2 Å². The molecule has 0 fully saturated rings. The van der Waals surface area contributed by atoms with Crippen molar-refractivity contribution in [1.29, 1.82) is 0 Å². The second-order valence-corrected chi connectivity index (χ2v) is 9.27. The summed E-state index contributed by atoms with van der Waals surface area (Å²) in [7, 11) is 0. The molecule has 0 bridgehead atoms. The minimum Gasteiger partial charge on any atom is -0.431 e. The monoisotopic (exact) mass is 458 g/mol. The lowest BCUT2D eigenvalue weighted by Gasteiger charge is -2.25. The number of carbonyl (C=O) groups is 1. The second kappa shape index (κ2) is 10.8. The summed E-state index contributed by atoms with van der Waals surface area (Å²) in [5.41, 5.74) is 10.9. The number of nitrogens with zero attached hydrogens (tertiary/aromatic N) is 1. The van der Waals surface area contributed by atoms with Crippen molar-refractivity contribution in [1.82, 2.24) is 4.98 Å². The van der Waals surface area contributed by atoms with Gasteiger partial charge in [-0.3, -0.25) is 0 Å². The third kappa shape index (κ3) is 4.75. The van der Waals surface area contributed by atoms with Gasteiger partial charge in [0, 0.05) is 5.75 Å². The zero-order valence-corrected chi connectivity index (χ0v) is 19.8. The van der Waals surface area contributed by atoms with E-state index in [1.54, 1.807) is 11.8 Å². The fourth-order valence-corrected chi connectivity index (χ4v) is 5.23. The van der Waals surface area contributed by atoms with E-state index in [4.69, 9.17) is 10.2 Å². The molecule has 1 aromatic heterocycles. The summed E-state index contributed by atoms with van der Waals surface area (Å²) in [6, 6.07) is 24.5. The Morgan fingerprint density at radius 2 is 1.55 bits per heavy atom. The first-order valence-electron chi connectivity index (χ1n) is 11.6. The summed E-state index contributed by atoms with van der Waals surface area (Å²) in [4.78, 5) is 16.9. The molecule has 3 aromatic carbocycles. The van der Waals surface area contributed by atoms with Gasteiger partial charge in [0.05, 0.1) is 5.41 Å². The van der Waals surface area contributed by atoms with E-state index >= 15 is 0 Å². The summed E-state index contributed by atoms with van der Waals surface area (Å²) in [6.45, 7) is 2.88. The number of benzene rings is 3. The van der Waals surface area contributed by atoms with Gasteiger partial charge in [0.2, 0.25) is 0 Å².